The fraction of sp³-hybridized carbons (Fsp3) is 0.333. The minimum atomic E-state index is -1.42. The number of benzene rings is 2. The second-order valence-electron chi connectivity index (χ2n) is 10.3. The number of carbonyl (C=O) groups excluding carboxylic acids is 3. The summed E-state index contributed by atoms with van der Waals surface area (Å²) in [5.41, 5.74) is 7.09. The van der Waals surface area contributed by atoms with Gasteiger partial charge in [0.25, 0.3) is 0 Å². The van der Waals surface area contributed by atoms with Crippen LogP contribution in [0.5, 0.6) is 0 Å². The largest absolute Gasteiger partial charge is 0.478 e. The van der Waals surface area contributed by atoms with Crippen LogP contribution in [-0.2, 0) is 16.8 Å². The van der Waals surface area contributed by atoms with Gasteiger partial charge in [0.2, 0.25) is 5.91 Å². The van der Waals surface area contributed by atoms with Gasteiger partial charge in [0.1, 0.15) is 12.2 Å². The van der Waals surface area contributed by atoms with Gasteiger partial charge in [0.15, 0.2) is 0 Å². The second kappa shape index (κ2) is 10.2. The van der Waals surface area contributed by atoms with Crippen LogP contribution in [0.3, 0.4) is 0 Å². The first-order valence-corrected chi connectivity index (χ1v) is 12.1. The quantitative estimate of drug-likeness (QED) is 0.401. The van der Waals surface area contributed by atoms with Crippen LogP contribution in [0.4, 0.5) is 19.7 Å². The third kappa shape index (κ3) is 5.17. The third-order valence-corrected chi connectivity index (χ3v) is 6.66. The number of rotatable bonds is 5. The Morgan fingerprint density at radius 1 is 1.11 bits per heavy atom. The standard InChI is InChI=1S/C27H30FN5O5/c1-27(2,3)19-9-6-8-16(24(35)36)18(19)12-30-23(34)22-11-15(28)13-33(22)26(38)31-20-14-32(25(29)37)21-10-5-4-7-17(20)21/h4-10,14-15,22H,11-13H2,1-3H3,(H2,29,37)(H,30,34)(H,31,38)(H,35,36)/t15-,22+/m1/s1. The highest BCUT2D eigenvalue weighted by Crippen LogP contribution is 2.30. The molecule has 0 radical (unpaired) electrons. The van der Waals surface area contributed by atoms with Gasteiger partial charge < -0.3 is 26.4 Å². The predicted molar refractivity (Wildman–Crippen MR) is 140 cm³/mol. The molecule has 1 aliphatic heterocycles. The maximum absolute atomic E-state index is 14.5. The van der Waals surface area contributed by atoms with E-state index < -0.39 is 36.2 Å². The van der Waals surface area contributed by atoms with Gasteiger partial charge in [0.05, 0.1) is 23.3 Å². The van der Waals surface area contributed by atoms with Gasteiger partial charge in [-0.3, -0.25) is 9.36 Å². The molecule has 38 heavy (non-hydrogen) atoms. The van der Waals surface area contributed by atoms with E-state index >= 15 is 0 Å². The molecule has 1 aromatic heterocycles. The van der Waals surface area contributed by atoms with Crippen LogP contribution in [0.1, 0.15) is 48.7 Å². The number of hydrogen-bond acceptors (Lipinski definition) is 4. The van der Waals surface area contributed by atoms with E-state index in [-0.39, 0.29) is 36.2 Å². The maximum atomic E-state index is 14.5. The number of aromatic nitrogens is 1. The summed E-state index contributed by atoms with van der Waals surface area (Å²) < 4.78 is 15.6. The van der Waals surface area contributed by atoms with Crippen molar-refractivity contribution in [3.63, 3.8) is 0 Å². The molecule has 0 saturated carbocycles. The van der Waals surface area contributed by atoms with E-state index in [2.05, 4.69) is 10.6 Å². The highest BCUT2D eigenvalue weighted by Gasteiger charge is 2.40. The monoisotopic (exact) mass is 523 g/mol. The molecule has 0 spiro atoms. The van der Waals surface area contributed by atoms with Crippen molar-refractivity contribution in [1.29, 1.82) is 0 Å². The Balaban J connectivity index is 1.55. The molecule has 10 nitrogen and oxygen atoms in total. The second-order valence-corrected chi connectivity index (χ2v) is 10.3. The summed E-state index contributed by atoms with van der Waals surface area (Å²) in [6, 6.07) is 9.19. The van der Waals surface area contributed by atoms with Crippen molar-refractivity contribution in [2.24, 2.45) is 5.73 Å². The number of halogens is 1. The lowest BCUT2D eigenvalue weighted by atomic mass is 9.82. The molecule has 2 heterocycles. The topological polar surface area (TPSA) is 147 Å². The highest BCUT2D eigenvalue weighted by atomic mass is 19.1. The van der Waals surface area contributed by atoms with E-state index in [1.165, 1.54) is 16.8 Å². The fourth-order valence-corrected chi connectivity index (χ4v) is 4.88. The van der Waals surface area contributed by atoms with Crippen LogP contribution in [0, 0.1) is 0 Å². The van der Waals surface area contributed by atoms with Crippen LogP contribution in [0.15, 0.2) is 48.7 Å². The molecule has 2 atom stereocenters. The molecule has 1 aliphatic rings. The van der Waals surface area contributed by atoms with Crippen molar-refractivity contribution in [3.05, 3.63) is 65.4 Å². The molecule has 4 rings (SSSR count). The number of alkyl halides is 1. The number of nitrogens with two attached hydrogens (primary N) is 1. The molecule has 5 N–H and O–H groups in total. The zero-order chi connectivity index (χ0) is 27.8. The van der Waals surface area contributed by atoms with Crippen molar-refractivity contribution >= 4 is 40.5 Å². The average Bonchev–Trinajstić information content (AvgIpc) is 3.42. The van der Waals surface area contributed by atoms with Crippen LogP contribution >= 0.6 is 0 Å². The van der Waals surface area contributed by atoms with Gasteiger partial charge in [0, 0.05) is 24.5 Å². The van der Waals surface area contributed by atoms with Crippen molar-refractivity contribution in [2.45, 2.75) is 51.4 Å². The van der Waals surface area contributed by atoms with E-state index in [1.54, 1.807) is 30.3 Å². The first kappa shape index (κ1) is 26.6. The van der Waals surface area contributed by atoms with Crippen molar-refractivity contribution in [1.82, 2.24) is 14.8 Å². The number of para-hydroxylation sites is 1. The van der Waals surface area contributed by atoms with Gasteiger partial charge in [-0.25, -0.2) is 18.8 Å². The number of carboxylic acids is 1. The molecule has 3 aromatic rings. The number of fused-ring (bicyclic) bond motifs is 1. The van der Waals surface area contributed by atoms with Crippen LogP contribution in [0.2, 0.25) is 0 Å². The Kier molecular flexibility index (Phi) is 7.12. The summed E-state index contributed by atoms with van der Waals surface area (Å²) in [6.45, 7) is 5.42. The molecule has 11 heteroatoms. The number of carbonyl (C=O) groups is 4. The zero-order valence-corrected chi connectivity index (χ0v) is 21.3. The smallest absolute Gasteiger partial charge is 0.336 e. The Morgan fingerprint density at radius 3 is 2.47 bits per heavy atom. The van der Waals surface area contributed by atoms with E-state index in [9.17, 15) is 28.7 Å². The highest BCUT2D eigenvalue weighted by molar-refractivity contribution is 6.05. The SMILES string of the molecule is CC(C)(C)c1cccc(C(=O)O)c1CNC(=O)[C@@H]1C[C@@H](F)CN1C(=O)Nc1cn(C(N)=O)c2ccccc12. The number of likely N-dealkylation sites (tertiary alicyclic amines) is 1. The third-order valence-electron chi connectivity index (χ3n) is 6.66. The normalized spacial score (nSPS) is 17.4. The molecule has 1 fully saturated rings. The lowest BCUT2D eigenvalue weighted by Gasteiger charge is -2.26. The fourth-order valence-electron chi connectivity index (χ4n) is 4.88. The maximum Gasteiger partial charge on any atom is 0.336 e. The number of aromatic carboxylic acids is 1. The molecular weight excluding hydrogens is 493 g/mol. The number of amides is 4. The lowest BCUT2D eigenvalue weighted by molar-refractivity contribution is -0.124. The van der Waals surface area contributed by atoms with Crippen molar-refractivity contribution in [2.75, 3.05) is 11.9 Å². The predicted octanol–water partition coefficient (Wildman–Crippen LogP) is 3.82. The van der Waals surface area contributed by atoms with Gasteiger partial charge >= 0.3 is 18.0 Å². The first-order valence-electron chi connectivity index (χ1n) is 12.1. The van der Waals surface area contributed by atoms with Crippen molar-refractivity contribution in [3.8, 4) is 0 Å². The molecule has 0 bridgehead atoms. The molecule has 4 amide bonds. The number of urea groups is 1. The summed E-state index contributed by atoms with van der Waals surface area (Å²) in [6.07, 6.45) is -0.241. The van der Waals surface area contributed by atoms with E-state index in [0.29, 0.717) is 16.5 Å². The zero-order valence-electron chi connectivity index (χ0n) is 21.3. The summed E-state index contributed by atoms with van der Waals surface area (Å²) in [4.78, 5) is 51.1. The van der Waals surface area contributed by atoms with Crippen LogP contribution < -0.4 is 16.4 Å². The minimum absolute atomic E-state index is 0.0629. The number of anilines is 1. The number of nitrogens with one attached hydrogen (secondary N) is 2. The molecule has 200 valence electrons. The Morgan fingerprint density at radius 2 is 1.82 bits per heavy atom. The minimum Gasteiger partial charge on any atom is -0.478 e. The summed E-state index contributed by atoms with van der Waals surface area (Å²) in [7, 11) is 0. The number of carboxylic acid groups (broad SMARTS) is 1. The lowest BCUT2D eigenvalue weighted by Crippen LogP contribution is -2.47. The molecule has 1 saturated heterocycles. The van der Waals surface area contributed by atoms with Crippen LogP contribution in [-0.4, -0.2) is 57.3 Å². The van der Waals surface area contributed by atoms with Crippen LogP contribution in [0.25, 0.3) is 10.9 Å². The summed E-state index contributed by atoms with van der Waals surface area (Å²) >= 11 is 0. The molecular formula is C27H30FN5O5. The van der Waals surface area contributed by atoms with Crippen molar-refractivity contribution < 1.29 is 28.7 Å². The molecule has 2 aromatic carbocycles. The number of nitrogens with zero attached hydrogens (tertiary/aromatic N) is 2. The Labute approximate surface area is 218 Å². The van der Waals surface area contributed by atoms with Gasteiger partial charge in [-0.1, -0.05) is 51.1 Å². The van der Waals surface area contributed by atoms with E-state index in [1.807, 2.05) is 26.8 Å². The van der Waals surface area contributed by atoms with E-state index in [0.717, 1.165) is 10.5 Å². The first-order chi connectivity index (χ1) is 17.9. The van der Waals surface area contributed by atoms with Gasteiger partial charge in [-0.05, 0) is 28.7 Å². The summed E-state index contributed by atoms with van der Waals surface area (Å²) in [5.74, 6) is -1.72. The number of hydrogen-bond donors (Lipinski definition) is 4. The molecule has 0 unspecified atom stereocenters. The Bertz CT molecular complexity index is 1430. The van der Waals surface area contributed by atoms with Gasteiger partial charge in [-0.15, -0.1) is 0 Å². The Hall–Kier alpha value is -4.41. The number of primary amides is 1. The van der Waals surface area contributed by atoms with Gasteiger partial charge in [-0.2, -0.15) is 0 Å². The average molecular weight is 524 g/mol. The summed E-state index contributed by atoms with van der Waals surface area (Å²) in [5, 5.41) is 15.6. The van der Waals surface area contributed by atoms with E-state index in [4.69, 9.17) is 5.73 Å². The molecule has 0 aliphatic carbocycles.